The smallest absolute Gasteiger partial charge is 0.0237 e. The molecule has 0 spiro atoms. The Kier molecular flexibility index (Phi) is 5.17. The summed E-state index contributed by atoms with van der Waals surface area (Å²) in [6.07, 6.45) is 1.20. The van der Waals surface area contributed by atoms with E-state index >= 15 is 0 Å². The van der Waals surface area contributed by atoms with Gasteiger partial charge in [0.1, 0.15) is 0 Å². The number of likely N-dealkylation sites (N-methyl/N-ethyl adjacent to an activating group) is 2. The van der Waals surface area contributed by atoms with E-state index in [1.54, 1.807) is 0 Å². The van der Waals surface area contributed by atoms with E-state index in [0.717, 1.165) is 26.2 Å². The van der Waals surface area contributed by atoms with Crippen molar-refractivity contribution in [1.29, 1.82) is 0 Å². The minimum Gasteiger partial charge on any atom is -0.318 e. The van der Waals surface area contributed by atoms with Crippen molar-refractivity contribution in [3.8, 4) is 0 Å². The van der Waals surface area contributed by atoms with E-state index in [2.05, 4.69) is 46.4 Å². The highest BCUT2D eigenvalue weighted by Gasteiger charge is 2.15. The molecular weight excluding hydrogens is 222 g/mol. The molecule has 0 radical (unpaired) electrons. The monoisotopic (exact) mass is 247 g/mol. The Balaban J connectivity index is 1.76. The molecule has 100 valence electrons. The molecule has 0 fully saturated rings. The molecule has 0 amide bonds. The van der Waals surface area contributed by atoms with Crippen LogP contribution in [0.25, 0.3) is 0 Å². The van der Waals surface area contributed by atoms with Crippen LogP contribution in [0.4, 0.5) is 0 Å². The minimum absolute atomic E-state index is 1.07. The quantitative estimate of drug-likeness (QED) is 0.815. The molecule has 0 unspecified atom stereocenters. The molecule has 1 N–H and O–H groups in total. The number of hydrogen-bond acceptors (Lipinski definition) is 3. The van der Waals surface area contributed by atoms with Crippen molar-refractivity contribution in [3.63, 3.8) is 0 Å². The molecule has 1 aliphatic rings. The summed E-state index contributed by atoms with van der Waals surface area (Å²) in [6, 6.07) is 8.85. The molecule has 1 heterocycles. The number of fused-ring (bicyclic) bond motifs is 1. The van der Waals surface area contributed by atoms with Crippen LogP contribution in [0.3, 0.4) is 0 Å². The molecule has 18 heavy (non-hydrogen) atoms. The van der Waals surface area contributed by atoms with Crippen molar-refractivity contribution in [1.82, 2.24) is 15.1 Å². The van der Waals surface area contributed by atoms with E-state index in [1.165, 1.54) is 30.6 Å². The molecular formula is C15H25N3. The summed E-state index contributed by atoms with van der Waals surface area (Å²) in [5.74, 6) is 0. The van der Waals surface area contributed by atoms with Gasteiger partial charge in [0.2, 0.25) is 0 Å². The van der Waals surface area contributed by atoms with Crippen molar-refractivity contribution in [3.05, 3.63) is 35.4 Å². The first kappa shape index (κ1) is 13.5. The molecule has 0 aliphatic carbocycles. The predicted molar refractivity (Wildman–Crippen MR) is 76.8 cm³/mol. The Bertz CT molecular complexity index is 365. The molecule has 3 nitrogen and oxygen atoms in total. The van der Waals surface area contributed by atoms with Gasteiger partial charge in [-0.3, -0.25) is 4.90 Å². The average molecular weight is 247 g/mol. The summed E-state index contributed by atoms with van der Waals surface area (Å²) in [4.78, 5) is 4.97. The van der Waals surface area contributed by atoms with E-state index in [-0.39, 0.29) is 0 Å². The maximum atomic E-state index is 3.19. The predicted octanol–water partition coefficient (Wildman–Crippen LogP) is 1.20. The molecule has 0 saturated carbocycles. The third-order valence-corrected chi connectivity index (χ3v) is 3.75. The number of nitrogens with zero attached hydrogens (tertiary/aromatic N) is 2. The fraction of sp³-hybridized carbons (Fsp3) is 0.600. The summed E-state index contributed by atoms with van der Waals surface area (Å²) in [7, 11) is 4.21. The van der Waals surface area contributed by atoms with Gasteiger partial charge in [0.05, 0.1) is 0 Å². The van der Waals surface area contributed by atoms with Gasteiger partial charge in [0, 0.05) is 39.3 Å². The Labute approximate surface area is 111 Å². The van der Waals surface area contributed by atoms with Crippen LogP contribution in [0.2, 0.25) is 0 Å². The maximum absolute atomic E-state index is 3.19. The molecule has 0 bridgehead atoms. The summed E-state index contributed by atoms with van der Waals surface area (Å²) in [5, 5.41) is 3.19. The normalized spacial score (nSPS) is 15.9. The molecule has 1 aromatic carbocycles. The van der Waals surface area contributed by atoms with Gasteiger partial charge in [-0.2, -0.15) is 0 Å². The Morgan fingerprint density at radius 2 is 2.00 bits per heavy atom. The summed E-state index contributed by atoms with van der Waals surface area (Å²) < 4.78 is 0. The van der Waals surface area contributed by atoms with E-state index in [4.69, 9.17) is 0 Å². The Morgan fingerprint density at radius 3 is 2.78 bits per heavy atom. The van der Waals surface area contributed by atoms with Crippen LogP contribution < -0.4 is 5.32 Å². The van der Waals surface area contributed by atoms with Crippen LogP contribution in [0, 0.1) is 0 Å². The third-order valence-electron chi connectivity index (χ3n) is 3.75. The maximum Gasteiger partial charge on any atom is 0.0237 e. The lowest BCUT2D eigenvalue weighted by Crippen LogP contribution is -2.38. The lowest BCUT2D eigenvalue weighted by Gasteiger charge is -2.30. The second-order valence-corrected chi connectivity index (χ2v) is 5.20. The third kappa shape index (κ3) is 3.80. The van der Waals surface area contributed by atoms with E-state index in [9.17, 15) is 0 Å². The summed E-state index contributed by atoms with van der Waals surface area (Å²) >= 11 is 0. The van der Waals surface area contributed by atoms with E-state index in [0.29, 0.717) is 0 Å². The molecule has 0 saturated heterocycles. The van der Waals surface area contributed by atoms with Crippen LogP contribution >= 0.6 is 0 Å². The van der Waals surface area contributed by atoms with Gasteiger partial charge in [0.25, 0.3) is 0 Å². The van der Waals surface area contributed by atoms with Crippen molar-refractivity contribution in [2.75, 3.05) is 46.8 Å². The molecule has 0 aromatic heterocycles. The fourth-order valence-corrected chi connectivity index (χ4v) is 2.47. The number of benzene rings is 1. The van der Waals surface area contributed by atoms with Crippen LogP contribution in [-0.2, 0) is 13.0 Å². The SMILES string of the molecule is CNCCN(C)CCN1CCc2ccccc2C1. The van der Waals surface area contributed by atoms with E-state index in [1.807, 2.05) is 7.05 Å². The zero-order valence-electron chi connectivity index (χ0n) is 11.7. The highest BCUT2D eigenvalue weighted by Crippen LogP contribution is 2.17. The fourth-order valence-electron chi connectivity index (χ4n) is 2.47. The van der Waals surface area contributed by atoms with E-state index < -0.39 is 0 Å². The van der Waals surface area contributed by atoms with Crippen LogP contribution in [0.1, 0.15) is 11.1 Å². The van der Waals surface area contributed by atoms with Crippen LogP contribution in [-0.4, -0.2) is 56.6 Å². The van der Waals surface area contributed by atoms with Gasteiger partial charge < -0.3 is 10.2 Å². The topological polar surface area (TPSA) is 18.5 Å². The van der Waals surface area contributed by atoms with Gasteiger partial charge >= 0.3 is 0 Å². The van der Waals surface area contributed by atoms with Crippen LogP contribution in [0.15, 0.2) is 24.3 Å². The second kappa shape index (κ2) is 6.88. The largest absolute Gasteiger partial charge is 0.318 e. The number of nitrogens with one attached hydrogen (secondary N) is 1. The summed E-state index contributed by atoms with van der Waals surface area (Å²) in [5.41, 5.74) is 3.05. The molecule has 1 aliphatic heterocycles. The minimum atomic E-state index is 1.07. The molecule has 3 heteroatoms. The lowest BCUT2D eigenvalue weighted by atomic mass is 10.00. The van der Waals surface area contributed by atoms with Crippen molar-refractivity contribution in [2.45, 2.75) is 13.0 Å². The number of rotatable bonds is 6. The number of hydrogen-bond donors (Lipinski definition) is 1. The Hall–Kier alpha value is -0.900. The molecule has 0 atom stereocenters. The first-order valence-corrected chi connectivity index (χ1v) is 6.92. The average Bonchev–Trinajstić information content (AvgIpc) is 2.42. The van der Waals surface area contributed by atoms with Crippen molar-refractivity contribution in [2.24, 2.45) is 0 Å². The van der Waals surface area contributed by atoms with Crippen LogP contribution in [0.5, 0.6) is 0 Å². The van der Waals surface area contributed by atoms with Gasteiger partial charge in [-0.05, 0) is 31.6 Å². The molecule has 2 rings (SSSR count). The second-order valence-electron chi connectivity index (χ2n) is 5.20. The highest BCUT2D eigenvalue weighted by atomic mass is 15.2. The first-order valence-electron chi connectivity index (χ1n) is 6.92. The van der Waals surface area contributed by atoms with Gasteiger partial charge in [0.15, 0.2) is 0 Å². The Morgan fingerprint density at radius 1 is 1.22 bits per heavy atom. The summed E-state index contributed by atoms with van der Waals surface area (Å²) in [6.45, 7) is 6.85. The first-order chi connectivity index (χ1) is 8.79. The standard InChI is InChI=1S/C15H25N3/c1-16-8-10-17(2)11-12-18-9-7-14-5-3-4-6-15(14)13-18/h3-6,16H,7-13H2,1-2H3. The highest BCUT2D eigenvalue weighted by molar-refractivity contribution is 5.28. The van der Waals surface area contributed by atoms with Gasteiger partial charge in [-0.25, -0.2) is 0 Å². The lowest BCUT2D eigenvalue weighted by molar-refractivity contribution is 0.212. The molecule has 1 aromatic rings. The van der Waals surface area contributed by atoms with Gasteiger partial charge in [-0.15, -0.1) is 0 Å². The van der Waals surface area contributed by atoms with Crippen molar-refractivity contribution < 1.29 is 0 Å². The zero-order chi connectivity index (χ0) is 12.8. The van der Waals surface area contributed by atoms with Gasteiger partial charge in [-0.1, -0.05) is 24.3 Å². The zero-order valence-corrected chi connectivity index (χ0v) is 11.7. The van der Waals surface area contributed by atoms with Crippen molar-refractivity contribution >= 4 is 0 Å².